The number of rotatable bonds is 3. The zero-order valence-electron chi connectivity index (χ0n) is 13.3. The highest BCUT2D eigenvalue weighted by molar-refractivity contribution is 7.92. The van der Waals surface area contributed by atoms with Crippen molar-refractivity contribution in [2.45, 2.75) is 38.0 Å². The molecule has 0 unspecified atom stereocenters. The summed E-state index contributed by atoms with van der Waals surface area (Å²) in [4.78, 5) is 0.126. The van der Waals surface area contributed by atoms with Crippen LogP contribution in [0.1, 0.15) is 32.0 Å². The highest BCUT2D eigenvalue weighted by Crippen LogP contribution is 2.26. The molecule has 0 fully saturated rings. The summed E-state index contributed by atoms with van der Waals surface area (Å²) in [7, 11) is -2.00. The molecule has 1 N–H and O–H groups in total. The van der Waals surface area contributed by atoms with Crippen LogP contribution in [-0.4, -0.2) is 18.2 Å². The van der Waals surface area contributed by atoms with E-state index in [1.165, 1.54) is 16.8 Å². The van der Waals surface area contributed by atoms with Crippen LogP contribution < -0.4 is 4.72 Å². The second-order valence-corrected chi connectivity index (χ2v) is 8.39. The molecule has 7 heteroatoms. The van der Waals surface area contributed by atoms with E-state index in [9.17, 15) is 8.42 Å². The number of nitrogens with zero attached hydrogens (tertiary/aromatic N) is 2. The van der Waals surface area contributed by atoms with Crippen LogP contribution in [0.5, 0.6) is 0 Å². The fourth-order valence-corrected chi connectivity index (χ4v) is 3.22. The molecular formula is C15H20ClN3O2S. The van der Waals surface area contributed by atoms with E-state index in [4.69, 9.17) is 11.6 Å². The lowest BCUT2D eigenvalue weighted by molar-refractivity contribution is 0.553. The Balaban J connectivity index is 2.37. The third-order valence-electron chi connectivity index (χ3n) is 3.34. The molecule has 0 saturated carbocycles. The highest BCUT2D eigenvalue weighted by Gasteiger charge is 2.22. The van der Waals surface area contributed by atoms with E-state index >= 15 is 0 Å². The minimum Gasteiger partial charge on any atom is -0.264 e. The monoisotopic (exact) mass is 341 g/mol. The van der Waals surface area contributed by atoms with Crippen LogP contribution in [-0.2, 0) is 22.5 Å². The molecule has 0 saturated heterocycles. The predicted octanol–water partition coefficient (Wildman–Crippen LogP) is 3.48. The molecule has 1 aromatic heterocycles. The van der Waals surface area contributed by atoms with Gasteiger partial charge in [0.25, 0.3) is 10.0 Å². The molecule has 2 aromatic rings. The number of nitrogens with one attached hydrogen (secondary N) is 1. The van der Waals surface area contributed by atoms with Gasteiger partial charge >= 0.3 is 0 Å². The predicted molar refractivity (Wildman–Crippen MR) is 88.9 cm³/mol. The van der Waals surface area contributed by atoms with Crippen LogP contribution >= 0.6 is 11.6 Å². The summed E-state index contributed by atoms with van der Waals surface area (Å²) < 4.78 is 29.0. The zero-order valence-corrected chi connectivity index (χ0v) is 14.9. The fourth-order valence-electron chi connectivity index (χ4n) is 1.87. The van der Waals surface area contributed by atoms with E-state index < -0.39 is 10.0 Å². The minimum atomic E-state index is -3.70. The lowest BCUT2D eigenvalue weighted by Crippen LogP contribution is -2.15. The first-order valence-electron chi connectivity index (χ1n) is 6.84. The van der Waals surface area contributed by atoms with Crippen LogP contribution in [0.25, 0.3) is 0 Å². The number of anilines is 1. The van der Waals surface area contributed by atoms with Crippen molar-refractivity contribution in [1.82, 2.24) is 9.78 Å². The van der Waals surface area contributed by atoms with Crippen molar-refractivity contribution in [3.8, 4) is 0 Å². The Morgan fingerprint density at radius 3 is 2.36 bits per heavy atom. The van der Waals surface area contributed by atoms with E-state index in [-0.39, 0.29) is 10.3 Å². The van der Waals surface area contributed by atoms with Crippen molar-refractivity contribution in [2.75, 3.05) is 4.72 Å². The molecule has 0 bridgehead atoms. The largest absolute Gasteiger partial charge is 0.264 e. The van der Waals surface area contributed by atoms with Crippen LogP contribution in [0.15, 0.2) is 29.2 Å². The number of aryl methyl sites for hydroxylation is 2. The van der Waals surface area contributed by atoms with Gasteiger partial charge in [-0.1, -0.05) is 38.4 Å². The quantitative estimate of drug-likeness (QED) is 0.929. The molecule has 120 valence electrons. The number of sulfonamides is 1. The van der Waals surface area contributed by atoms with Gasteiger partial charge in [0, 0.05) is 23.6 Å². The lowest BCUT2D eigenvalue weighted by atomic mass is 9.92. The van der Waals surface area contributed by atoms with Gasteiger partial charge in [-0.15, -0.1) is 0 Å². The molecule has 0 radical (unpaired) electrons. The van der Waals surface area contributed by atoms with Crippen molar-refractivity contribution in [1.29, 1.82) is 0 Å². The first-order chi connectivity index (χ1) is 10.0. The topological polar surface area (TPSA) is 64.0 Å². The summed E-state index contributed by atoms with van der Waals surface area (Å²) >= 11 is 6.01. The zero-order chi connectivity index (χ0) is 16.7. The Morgan fingerprint density at radius 1 is 1.23 bits per heavy atom. The van der Waals surface area contributed by atoms with Crippen molar-refractivity contribution < 1.29 is 8.42 Å². The van der Waals surface area contributed by atoms with E-state index in [1.54, 1.807) is 19.2 Å². The first kappa shape index (κ1) is 16.8. The molecule has 0 amide bonds. The molecule has 0 aliphatic heterocycles. The van der Waals surface area contributed by atoms with Crippen LogP contribution in [0, 0.1) is 6.92 Å². The molecule has 0 spiro atoms. The van der Waals surface area contributed by atoms with Crippen molar-refractivity contribution in [2.24, 2.45) is 7.05 Å². The standard InChI is InChI=1S/C15H20ClN3O2S/c1-10-6-7-11(8-12(10)16)22(20,21)18-14-9-13(15(2,3)4)17-19(14)5/h6-9,18H,1-5H3. The summed E-state index contributed by atoms with van der Waals surface area (Å²) in [5.41, 5.74) is 1.49. The first-order valence-corrected chi connectivity index (χ1v) is 8.70. The van der Waals surface area contributed by atoms with E-state index in [1.807, 2.05) is 27.7 Å². The fraction of sp³-hybridized carbons (Fsp3) is 0.400. The van der Waals surface area contributed by atoms with Crippen LogP contribution in [0.4, 0.5) is 5.82 Å². The maximum absolute atomic E-state index is 12.5. The molecule has 0 aliphatic rings. The molecule has 1 aromatic carbocycles. The maximum atomic E-state index is 12.5. The Hall–Kier alpha value is -1.53. The lowest BCUT2D eigenvalue weighted by Gasteiger charge is -2.13. The second-order valence-electron chi connectivity index (χ2n) is 6.30. The molecular weight excluding hydrogens is 322 g/mol. The summed E-state index contributed by atoms with van der Waals surface area (Å²) in [5.74, 6) is 0.418. The minimum absolute atomic E-state index is 0.126. The third-order valence-corrected chi connectivity index (χ3v) is 5.10. The van der Waals surface area contributed by atoms with Crippen molar-refractivity contribution >= 4 is 27.4 Å². The van der Waals surface area contributed by atoms with E-state index in [0.717, 1.165) is 11.3 Å². The van der Waals surface area contributed by atoms with Gasteiger partial charge in [-0.05, 0) is 24.6 Å². The van der Waals surface area contributed by atoms with Gasteiger partial charge in [-0.2, -0.15) is 5.10 Å². The molecule has 22 heavy (non-hydrogen) atoms. The normalized spacial score (nSPS) is 12.5. The summed E-state index contributed by atoms with van der Waals surface area (Å²) in [6.45, 7) is 7.89. The molecule has 0 atom stereocenters. The van der Waals surface area contributed by atoms with Crippen LogP contribution in [0.3, 0.4) is 0 Å². The van der Waals surface area contributed by atoms with E-state index in [0.29, 0.717) is 10.8 Å². The highest BCUT2D eigenvalue weighted by atomic mass is 35.5. The van der Waals surface area contributed by atoms with Gasteiger partial charge < -0.3 is 0 Å². The number of halogens is 1. The Kier molecular flexibility index (Phi) is 4.28. The Labute approximate surface area is 136 Å². The summed E-state index contributed by atoms with van der Waals surface area (Å²) in [6, 6.07) is 6.40. The number of hydrogen-bond acceptors (Lipinski definition) is 3. The number of benzene rings is 1. The third kappa shape index (κ3) is 3.44. The molecule has 0 aliphatic carbocycles. The van der Waals surface area contributed by atoms with E-state index in [2.05, 4.69) is 9.82 Å². The van der Waals surface area contributed by atoms with Crippen molar-refractivity contribution in [3.63, 3.8) is 0 Å². The van der Waals surface area contributed by atoms with Crippen molar-refractivity contribution in [3.05, 3.63) is 40.5 Å². The Bertz CT molecular complexity index is 805. The number of hydrogen-bond donors (Lipinski definition) is 1. The molecule has 2 rings (SSSR count). The van der Waals surface area contributed by atoms with Gasteiger partial charge in [-0.3, -0.25) is 9.40 Å². The Morgan fingerprint density at radius 2 is 1.86 bits per heavy atom. The SMILES string of the molecule is Cc1ccc(S(=O)(=O)Nc2cc(C(C)(C)C)nn2C)cc1Cl. The van der Waals surface area contributed by atoms with Crippen LogP contribution in [0.2, 0.25) is 5.02 Å². The maximum Gasteiger partial charge on any atom is 0.263 e. The second kappa shape index (κ2) is 5.59. The number of aromatic nitrogens is 2. The summed E-state index contributed by atoms with van der Waals surface area (Å²) in [5, 5.41) is 4.77. The van der Waals surface area contributed by atoms with Gasteiger partial charge in [0.15, 0.2) is 0 Å². The average Bonchev–Trinajstić information content (AvgIpc) is 2.73. The van der Waals surface area contributed by atoms with Gasteiger partial charge in [0.05, 0.1) is 10.6 Å². The summed E-state index contributed by atoms with van der Waals surface area (Å²) in [6.07, 6.45) is 0. The smallest absolute Gasteiger partial charge is 0.263 e. The molecule has 5 nitrogen and oxygen atoms in total. The molecule has 1 heterocycles. The van der Waals surface area contributed by atoms with Gasteiger partial charge in [-0.25, -0.2) is 8.42 Å². The van der Waals surface area contributed by atoms with Gasteiger partial charge in [0.1, 0.15) is 5.82 Å². The average molecular weight is 342 g/mol. The van der Waals surface area contributed by atoms with Gasteiger partial charge in [0.2, 0.25) is 0 Å².